The van der Waals surface area contributed by atoms with Crippen LogP contribution in [0.3, 0.4) is 0 Å². The van der Waals surface area contributed by atoms with Crippen molar-refractivity contribution in [2.75, 3.05) is 5.32 Å². The molecule has 0 aliphatic rings. The zero-order valence-corrected chi connectivity index (χ0v) is 13.8. The van der Waals surface area contributed by atoms with Crippen molar-refractivity contribution in [3.05, 3.63) is 44.5 Å². The van der Waals surface area contributed by atoms with Crippen molar-refractivity contribution in [3.8, 4) is 0 Å². The van der Waals surface area contributed by atoms with Gasteiger partial charge in [0.2, 0.25) is 5.91 Å². The topological polar surface area (TPSA) is 64.0 Å². The van der Waals surface area contributed by atoms with Crippen LogP contribution in [0.25, 0.3) is 10.2 Å². The first-order valence-corrected chi connectivity index (χ1v) is 8.37. The quantitative estimate of drug-likeness (QED) is 0.764. The lowest BCUT2D eigenvalue weighted by atomic mass is 10.2. The minimum absolute atomic E-state index is 0.0626. The highest BCUT2D eigenvalue weighted by Crippen LogP contribution is 2.37. The van der Waals surface area contributed by atoms with Crippen LogP contribution in [0.15, 0.2) is 28.4 Å². The number of alkyl halides is 3. The maximum Gasteiger partial charge on any atom is 0.418 e. The molecule has 0 atom stereocenters. The molecule has 0 aliphatic carbocycles. The molecule has 1 aromatic carbocycles. The van der Waals surface area contributed by atoms with Crippen LogP contribution >= 0.6 is 22.7 Å². The summed E-state index contributed by atoms with van der Waals surface area (Å²) >= 11 is 1.93. The fraction of sp³-hybridized carbons (Fsp3) is 0.214. The van der Waals surface area contributed by atoms with Gasteiger partial charge in [-0.15, -0.1) is 0 Å². The number of nitrogens with zero attached hydrogens (tertiary/aromatic N) is 2. The second-order valence-corrected chi connectivity index (χ2v) is 6.80. The lowest BCUT2D eigenvalue weighted by Gasteiger charge is -2.06. The summed E-state index contributed by atoms with van der Waals surface area (Å²) in [5.41, 5.74) is -0.403. The third-order valence-electron chi connectivity index (χ3n) is 3.25. The van der Waals surface area contributed by atoms with Crippen LogP contribution in [0.4, 0.5) is 18.3 Å². The van der Waals surface area contributed by atoms with Crippen molar-refractivity contribution >= 4 is 43.9 Å². The summed E-state index contributed by atoms with van der Waals surface area (Å²) in [6.07, 6.45) is -4.52. The number of nitrogens with one attached hydrogen (secondary N) is 1. The summed E-state index contributed by atoms with van der Waals surface area (Å²) in [6.45, 7) is 1.48. The third-order valence-corrected chi connectivity index (χ3v) is 5.07. The van der Waals surface area contributed by atoms with Gasteiger partial charge in [-0.05, 0) is 19.1 Å². The van der Waals surface area contributed by atoms with E-state index in [0.29, 0.717) is 10.4 Å². The Bertz CT molecular complexity index is 972. The number of rotatable bonds is 3. The minimum atomic E-state index is -4.52. The molecule has 1 amide bonds. The molecule has 0 bridgehead atoms. The van der Waals surface area contributed by atoms with Crippen LogP contribution in [-0.2, 0) is 17.5 Å². The van der Waals surface area contributed by atoms with Gasteiger partial charge in [0, 0.05) is 11.1 Å². The molecule has 3 rings (SSSR count). The average Bonchev–Trinajstić information content (AvgIpc) is 3.03. The van der Waals surface area contributed by atoms with Gasteiger partial charge in [0.15, 0.2) is 5.13 Å². The highest BCUT2D eigenvalue weighted by molar-refractivity contribution is 7.22. The minimum Gasteiger partial charge on any atom is -0.300 e. The highest BCUT2D eigenvalue weighted by Gasteiger charge is 2.33. The zero-order valence-electron chi connectivity index (χ0n) is 12.2. The largest absolute Gasteiger partial charge is 0.418 e. The Morgan fingerprint density at radius 2 is 2.12 bits per heavy atom. The van der Waals surface area contributed by atoms with Gasteiger partial charge in [0.25, 0.3) is 0 Å². The first kappa shape index (κ1) is 16.7. The van der Waals surface area contributed by atoms with Crippen LogP contribution in [0, 0.1) is 6.92 Å². The number of benzene rings is 1. The molecular weight excluding hydrogens is 363 g/mol. The first-order valence-electron chi connectivity index (χ1n) is 6.67. The van der Waals surface area contributed by atoms with Crippen molar-refractivity contribution in [2.45, 2.75) is 19.6 Å². The van der Waals surface area contributed by atoms with E-state index in [9.17, 15) is 22.8 Å². The van der Waals surface area contributed by atoms with E-state index in [-0.39, 0.29) is 22.1 Å². The SMILES string of the molecule is Cc1csc(=O)n1CC(=O)Nc1nc2c(C(F)(F)F)cccc2s1. The fourth-order valence-electron chi connectivity index (χ4n) is 2.13. The molecule has 1 N–H and O–H groups in total. The van der Waals surface area contributed by atoms with Crippen molar-refractivity contribution < 1.29 is 18.0 Å². The Morgan fingerprint density at radius 3 is 2.75 bits per heavy atom. The molecule has 10 heteroatoms. The second-order valence-electron chi connectivity index (χ2n) is 4.95. The average molecular weight is 373 g/mol. The molecule has 0 aliphatic heterocycles. The Kier molecular flexibility index (Phi) is 4.18. The van der Waals surface area contributed by atoms with E-state index in [1.807, 2.05) is 0 Å². The highest BCUT2D eigenvalue weighted by atomic mass is 32.1. The van der Waals surface area contributed by atoms with E-state index < -0.39 is 17.6 Å². The zero-order chi connectivity index (χ0) is 17.5. The summed E-state index contributed by atoms with van der Waals surface area (Å²) in [7, 11) is 0. The van der Waals surface area contributed by atoms with Gasteiger partial charge < -0.3 is 5.32 Å². The predicted molar refractivity (Wildman–Crippen MR) is 86.6 cm³/mol. The Balaban J connectivity index is 1.86. The first-order chi connectivity index (χ1) is 11.3. The Labute approximate surface area is 141 Å². The summed E-state index contributed by atoms with van der Waals surface area (Å²) in [5.74, 6) is -0.522. The van der Waals surface area contributed by atoms with Crippen molar-refractivity contribution in [3.63, 3.8) is 0 Å². The van der Waals surface area contributed by atoms with Crippen LogP contribution in [0.5, 0.6) is 0 Å². The fourth-order valence-corrected chi connectivity index (χ4v) is 3.77. The van der Waals surface area contributed by atoms with Gasteiger partial charge in [0.05, 0.1) is 15.8 Å². The van der Waals surface area contributed by atoms with E-state index in [4.69, 9.17) is 0 Å². The standard InChI is InChI=1S/C14H10F3N3O2S2/c1-7-6-23-13(22)20(7)5-10(21)18-12-19-11-8(14(15,16)17)3-2-4-9(11)24-12/h2-4,6H,5H2,1H3,(H,18,19,21). The van der Waals surface area contributed by atoms with E-state index in [0.717, 1.165) is 28.7 Å². The number of hydrogen-bond acceptors (Lipinski definition) is 5. The third kappa shape index (κ3) is 3.20. The molecule has 0 saturated heterocycles. The van der Waals surface area contributed by atoms with Gasteiger partial charge in [-0.1, -0.05) is 28.7 Å². The number of aromatic nitrogens is 2. The Hall–Kier alpha value is -2.20. The number of anilines is 1. The number of carbonyl (C=O) groups is 1. The van der Waals surface area contributed by atoms with Crippen molar-refractivity contribution in [1.82, 2.24) is 9.55 Å². The molecule has 0 fully saturated rings. The second kappa shape index (κ2) is 6.02. The van der Waals surface area contributed by atoms with Gasteiger partial charge in [-0.2, -0.15) is 13.2 Å². The smallest absolute Gasteiger partial charge is 0.300 e. The number of thiazole rings is 2. The monoisotopic (exact) mass is 373 g/mol. The lowest BCUT2D eigenvalue weighted by Crippen LogP contribution is -2.25. The maximum atomic E-state index is 13.0. The van der Waals surface area contributed by atoms with Crippen LogP contribution in [0.1, 0.15) is 11.3 Å². The summed E-state index contributed by atoms with van der Waals surface area (Å²) in [4.78, 5) is 27.2. The molecule has 0 unspecified atom stereocenters. The van der Waals surface area contributed by atoms with Crippen molar-refractivity contribution in [1.29, 1.82) is 0 Å². The number of hydrogen-bond donors (Lipinski definition) is 1. The van der Waals surface area contributed by atoms with E-state index in [2.05, 4.69) is 10.3 Å². The van der Waals surface area contributed by atoms with Gasteiger partial charge in [-0.3, -0.25) is 14.2 Å². The summed E-state index contributed by atoms with van der Waals surface area (Å²) in [5, 5.41) is 4.14. The summed E-state index contributed by atoms with van der Waals surface area (Å²) in [6, 6.07) is 3.75. The summed E-state index contributed by atoms with van der Waals surface area (Å²) < 4.78 is 40.5. The molecule has 3 aromatic rings. The van der Waals surface area contributed by atoms with E-state index in [1.165, 1.54) is 16.7 Å². The number of halogens is 3. The van der Waals surface area contributed by atoms with Crippen LogP contribution < -0.4 is 10.2 Å². The molecule has 0 saturated carbocycles. The normalized spacial score (nSPS) is 11.8. The maximum absolute atomic E-state index is 13.0. The predicted octanol–water partition coefficient (Wildman–Crippen LogP) is 3.49. The molecule has 2 aromatic heterocycles. The number of fused-ring (bicyclic) bond motifs is 1. The number of carbonyl (C=O) groups excluding carboxylic acids is 1. The molecular formula is C14H10F3N3O2S2. The molecule has 2 heterocycles. The van der Waals surface area contributed by atoms with Gasteiger partial charge in [-0.25, -0.2) is 4.98 Å². The molecule has 0 radical (unpaired) electrons. The van der Waals surface area contributed by atoms with Crippen molar-refractivity contribution in [2.24, 2.45) is 0 Å². The molecule has 24 heavy (non-hydrogen) atoms. The van der Waals surface area contributed by atoms with E-state index >= 15 is 0 Å². The Morgan fingerprint density at radius 1 is 1.38 bits per heavy atom. The van der Waals surface area contributed by atoms with E-state index in [1.54, 1.807) is 12.3 Å². The number of aryl methyl sites for hydroxylation is 1. The molecule has 126 valence electrons. The van der Waals surface area contributed by atoms with Gasteiger partial charge >= 0.3 is 11.0 Å². The van der Waals surface area contributed by atoms with Crippen LogP contribution in [-0.4, -0.2) is 15.5 Å². The number of para-hydroxylation sites is 1. The molecule has 5 nitrogen and oxygen atoms in total. The van der Waals surface area contributed by atoms with Gasteiger partial charge in [0.1, 0.15) is 6.54 Å². The lowest BCUT2D eigenvalue weighted by molar-refractivity contribution is -0.136. The molecule has 0 spiro atoms. The van der Waals surface area contributed by atoms with Crippen LogP contribution in [0.2, 0.25) is 0 Å². The number of amides is 1.